The molecule has 2 fully saturated rings. The van der Waals surface area contributed by atoms with Crippen LogP contribution in [0.2, 0.25) is 0 Å². The Labute approximate surface area is 129 Å². The second-order valence-corrected chi connectivity index (χ2v) is 6.59. The summed E-state index contributed by atoms with van der Waals surface area (Å²) >= 11 is 3.71. The second-order valence-electron chi connectivity index (χ2n) is 5.74. The predicted octanol–water partition coefficient (Wildman–Crippen LogP) is 3.86. The van der Waals surface area contributed by atoms with Crippen LogP contribution in [0.4, 0.5) is 0 Å². The van der Waals surface area contributed by atoms with Crippen LogP contribution < -0.4 is 14.8 Å². The van der Waals surface area contributed by atoms with Crippen LogP contribution in [0.15, 0.2) is 16.6 Å². The molecule has 0 radical (unpaired) electrons. The SMILES string of the molecule is COc1cc(C2CCNC2)c(Br)cc1OC1CCCC1. The monoisotopic (exact) mass is 339 g/mol. The summed E-state index contributed by atoms with van der Waals surface area (Å²) in [6.45, 7) is 2.14. The summed E-state index contributed by atoms with van der Waals surface area (Å²) < 4.78 is 12.8. The largest absolute Gasteiger partial charge is 0.493 e. The highest BCUT2D eigenvalue weighted by Crippen LogP contribution is 2.39. The van der Waals surface area contributed by atoms with E-state index in [1.54, 1.807) is 7.11 Å². The molecule has 1 unspecified atom stereocenters. The molecule has 1 saturated heterocycles. The summed E-state index contributed by atoms with van der Waals surface area (Å²) in [7, 11) is 1.72. The van der Waals surface area contributed by atoms with Gasteiger partial charge >= 0.3 is 0 Å². The normalized spacial score (nSPS) is 23.2. The van der Waals surface area contributed by atoms with Crippen molar-refractivity contribution in [2.75, 3.05) is 20.2 Å². The zero-order valence-electron chi connectivity index (χ0n) is 12.0. The van der Waals surface area contributed by atoms with Crippen LogP contribution in [0, 0.1) is 0 Å². The average molecular weight is 340 g/mol. The molecule has 1 saturated carbocycles. The zero-order chi connectivity index (χ0) is 13.9. The highest BCUT2D eigenvalue weighted by molar-refractivity contribution is 9.10. The molecule has 0 spiro atoms. The van der Waals surface area contributed by atoms with Gasteiger partial charge in [-0.15, -0.1) is 0 Å². The minimum Gasteiger partial charge on any atom is -0.493 e. The Kier molecular flexibility index (Phi) is 4.51. The lowest BCUT2D eigenvalue weighted by molar-refractivity contribution is 0.200. The molecule has 1 N–H and O–H groups in total. The maximum absolute atomic E-state index is 6.13. The summed E-state index contributed by atoms with van der Waals surface area (Å²) in [5.41, 5.74) is 1.32. The van der Waals surface area contributed by atoms with Crippen molar-refractivity contribution in [3.8, 4) is 11.5 Å². The van der Waals surface area contributed by atoms with E-state index in [0.29, 0.717) is 12.0 Å². The molecule has 1 atom stereocenters. The number of rotatable bonds is 4. The van der Waals surface area contributed by atoms with Crippen molar-refractivity contribution in [3.63, 3.8) is 0 Å². The molecule has 1 aromatic carbocycles. The quantitative estimate of drug-likeness (QED) is 0.903. The first-order chi connectivity index (χ1) is 9.78. The molecule has 1 aromatic rings. The number of nitrogens with one attached hydrogen (secondary N) is 1. The van der Waals surface area contributed by atoms with Gasteiger partial charge in [-0.3, -0.25) is 0 Å². The Balaban J connectivity index is 1.84. The molecule has 1 aliphatic carbocycles. The van der Waals surface area contributed by atoms with E-state index >= 15 is 0 Å². The number of ether oxygens (including phenoxy) is 2. The standard InChI is InChI=1S/C16H22BrNO2/c1-19-15-8-13(11-6-7-18-10-11)14(17)9-16(15)20-12-4-2-3-5-12/h8-9,11-12,18H,2-7,10H2,1H3. The number of benzene rings is 1. The number of hydrogen-bond donors (Lipinski definition) is 1. The molecule has 0 bridgehead atoms. The summed E-state index contributed by atoms with van der Waals surface area (Å²) in [4.78, 5) is 0. The highest BCUT2D eigenvalue weighted by Gasteiger charge is 2.23. The molecule has 110 valence electrons. The molecule has 0 amide bonds. The minimum atomic E-state index is 0.356. The molecular weight excluding hydrogens is 318 g/mol. The molecule has 1 heterocycles. The van der Waals surface area contributed by atoms with Gasteiger partial charge in [0, 0.05) is 11.0 Å². The topological polar surface area (TPSA) is 30.5 Å². The van der Waals surface area contributed by atoms with Crippen LogP contribution in [0.25, 0.3) is 0 Å². The lowest BCUT2D eigenvalue weighted by atomic mass is 9.98. The Bertz CT molecular complexity index is 466. The Hall–Kier alpha value is -0.740. The first-order valence-electron chi connectivity index (χ1n) is 7.52. The molecule has 3 rings (SSSR count). The van der Waals surface area contributed by atoms with Gasteiger partial charge in [-0.25, -0.2) is 0 Å². The van der Waals surface area contributed by atoms with Crippen molar-refractivity contribution in [1.29, 1.82) is 0 Å². The molecule has 20 heavy (non-hydrogen) atoms. The Morgan fingerprint density at radius 2 is 1.95 bits per heavy atom. The molecule has 4 heteroatoms. The van der Waals surface area contributed by atoms with Crippen LogP contribution in [0.3, 0.4) is 0 Å². The van der Waals surface area contributed by atoms with Crippen LogP contribution in [-0.2, 0) is 0 Å². The van der Waals surface area contributed by atoms with Gasteiger partial charge < -0.3 is 14.8 Å². The first kappa shape index (κ1) is 14.2. The summed E-state index contributed by atoms with van der Waals surface area (Å²) in [6, 6.07) is 4.23. The summed E-state index contributed by atoms with van der Waals surface area (Å²) in [5, 5.41) is 3.42. The van der Waals surface area contributed by atoms with E-state index in [9.17, 15) is 0 Å². The summed E-state index contributed by atoms with van der Waals surface area (Å²) in [6.07, 6.45) is 6.42. The Morgan fingerprint density at radius 3 is 2.60 bits per heavy atom. The van der Waals surface area contributed by atoms with Gasteiger partial charge in [-0.2, -0.15) is 0 Å². The van der Waals surface area contributed by atoms with E-state index in [2.05, 4.69) is 33.4 Å². The van der Waals surface area contributed by atoms with Crippen LogP contribution in [0.5, 0.6) is 11.5 Å². The van der Waals surface area contributed by atoms with Crippen molar-refractivity contribution < 1.29 is 9.47 Å². The molecule has 0 aromatic heterocycles. The van der Waals surface area contributed by atoms with Crippen LogP contribution in [-0.4, -0.2) is 26.3 Å². The van der Waals surface area contributed by atoms with Crippen molar-refractivity contribution in [2.24, 2.45) is 0 Å². The second kappa shape index (κ2) is 6.35. The van der Waals surface area contributed by atoms with E-state index in [1.807, 2.05) is 0 Å². The third-order valence-electron chi connectivity index (χ3n) is 4.38. The van der Waals surface area contributed by atoms with Crippen molar-refractivity contribution >= 4 is 15.9 Å². The van der Waals surface area contributed by atoms with Gasteiger partial charge in [0.1, 0.15) is 0 Å². The van der Waals surface area contributed by atoms with Crippen molar-refractivity contribution in [3.05, 3.63) is 22.2 Å². The molecule has 2 aliphatic rings. The zero-order valence-corrected chi connectivity index (χ0v) is 13.5. The number of hydrogen-bond acceptors (Lipinski definition) is 3. The van der Waals surface area contributed by atoms with Gasteiger partial charge in [0.2, 0.25) is 0 Å². The fourth-order valence-corrected chi connectivity index (χ4v) is 3.87. The third-order valence-corrected chi connectivity index (χ3v) is 5.07. The lowest BCUT2D eigenvalue weighted by Crippen LogP contribution is -2.12. The van der Waals surface area contributed by atoms with E-state index in [0.717, 1.165) is 41.9 Å². The van der Waals surface area contributed by atoms with E-state index < -0.39 is 0 Å². The highest BCUT2D eigenvalue weighted by atomic mass is 79.9. The molecule has 3 nitrogen and oxygen atoms in total. The van der Waals surface area contributed by atoms with Gasteiger partial charge in [0.05, 0.1) is 13.2 Å². The number of halogens is 1. The maximum Gasteiger partial charge on any atom is 0.162 e. The van der Waals surface area contributed by atoms with Gasteiger partial charge in [-0.05, 0) is 62.3 Å². The van der Waals surface area contributed by atoms with E-state index in [4.69, 9.17) is 9.47 Å². The van der Waals surface area contributed by atoms with Crippen LogP contribution >= 0.6 is 15.9 Å². The van der Waals surface area contributed by atoms with E-state index in [1.165, 1.54) is 24.8 Å². The van der Waals surface area contributed by atoms with Gasteiger partial charge in [0.25, 0.3) is 0 Å². The lowest BCUT2D eigenvalue weighted by Gasteiger charge is -2.19. The maximum atomic E-state index is 6.13. The Morgan fingerprint density at radius 1 is 1.15 bits per heavy atom. The summed E-state index contributed by atoms with van der Waals surface area (Å²) in [5.74, 6) is 2.31. The number of methoxy groups -OCH3 is 1. The fourth-order valence-electron chi connectivity index (χ4n) is 3.22. The van der Waals surface area contributed by atoms with Gasteiger partial charge in [-0.1, -0.05) is 15.9 Å². The molecule has 1 aliphatic heterocycles. The van der Waals surface area contributed by atoms with Crippen LogP contribution in [0.1, 0.15) is 43.6 Å². The van der Waals surface area contributed by atoms with Crippen molar-refractivity contribution in [1.82, 2.24) is 5.32 Å². The predicted molar refractivity (Wildman–Crippen MR) is 83.8 cm³/mol. The molecular formula is C16H22BrNO2. The minimum absolute atomic E-state index is 0.356. The third kappa shape index (κ3) is 2.96. The first-order valence-corrected chi connectivity index (χ1v) is 8.32. The average Bonchev–Trinajstić information content (AvgIpc) is 3.11. The van der Waals surface area contributed by atoms with Gasteiger partial charge in [0.15, 0.2) is 11.5 Å². The van der Waals surface area contributed by atoms with E-state index in [-0.39, 0.29) is 0 Å². The fraction of sp³-hybridized carbons (Fsp3) is 0.625. The smallest absolute Gasteiger partial charge is 0.162 e. The van der Waals surface area contributed by atoms with Crippen molar-refractivity contribution in [2.45, 2.75) is 44.1 Å².